The maximum Gasteiger partial charge on any atom is 0.472 e. The summed E-state index contributed by atoms with van der Waals surface area (Å²) in [7, 11) is -9.92. The maximum absolute atomic E-state index is 13.1. The van der Waals surface area contributed by atoms with Gasteiger partial charge in [0.15, 0.2) is 12.2 Å². The van der Waals surface area contributed by atoms with Gasteiger partial charge in [-0.1, -0.05) is 382 Å². The number of phosphoric ester groups is 2. The lowest BCUT2D eigenvalue weighted by Crippen LogP contribution is -2.30. The van der Waals surface area contributed by atoms with Gasteiger partial charge in [0.25, 0.3) is 0 Å². The van der Waals surface area contributed by atoms with E-state index in [1.54, 1.807) is 0 Å². The maximum atomic E-state index is 13.1. The van der Waals surface area contributed by atoms with Crippen LogP contribution in [0, 0.1) is 11.8 Å². The molecule has 0 aromatic rings. The minimum Gasteiger partial charge on any atom is -0.462 e. The highest BCUT2D eigenvalue weighted by molar-refractivity contribution is 7.47. The molecule has 3 N–H and O–H groups in total. The number of rotatable bonds is 81. The zero-order valence-corrected chi connectivity index (χ0v) is 68.0. The van der Waals surface area contributed by atoms with Crippen molar-refractivity contribution in [3.8, 4) is 0 Å². The minimum atomic E-state index is -4.96. The molecule has 0 aromatic carbocycles. The zero-order chi connectivity index (χ0) is 74.2. The van der Waals surface area contributed by atoms with Crippen molar-refractivity contribution in [3.63, 3.8) is 0 Å². The second-order valence-electron chi connectivity index (χ2n) is 30.2. The van der Waals surface area contributed by atoms with Crippen molar-refractivity contribution in [1.29, 1.82) is 0 Å². The van der Waals surface area contributed by atoms with Crippen LogP contribution in [-0.4, -0.2) is 96.7 Å². The van der Waals surface area contributed by atoms with Crippen LogP contribution in [0.15, 0.2) is 0 Å². The number of phosphoric acid groups is 2. The molecular formula is C82H160O17P2. The Labute approximate surface area is 619 Å². The largest absolute Gasteiger partial charge is 0.472 e. The van der Waals surface area contributed by atoms with Crippen LogP contribution < -0.4 is 0 Å². The number of carbonyl (C=O) groups is 4. The Hall–Kier alpha value is -1.94. The molecule has 0 spiro atoms. The normalized spacial score (nSPS) is 14.2. The molecule has 0 amide bonds. The smallest absolute Gasteiger partial charge is 0.462 e. The van der Waals surface area contributed by atoms with Gasteiger partial charge in [0, 0.05) is 25.7 Å². The average Bonchev–Trinajstić information content (AvgIpc) is 1.00. The van der Waals surface area contributed by atoms with Crippen LogP contribution in [0.2, 0.25) is 0 Å². The van der Waals surface area contributed by atoms with Gasteiger partial charge in [0.2, 0.25) is 0 Å². The standard InChI is InChI=1S/C82H160O17P2/c1-7-10-12-14-16-18-20-22-29-36-42-48-54-60-66-81(86)98-77(70-92-79(84)64-58-52-46-40-34-21-19-17-15-13-11-8-2)72-96-100(88,89)94-68-76(83)69-95-101(90,91)97-73-78(71-93-80(85)65-59-53-47-41-35-30-25-23-27-32-38-44-50-56-62-74(4)5)99-82(87)67-61-55-49-43-37-31-26-24-28-33-39-45-51-57-63-75(6)9-3/h74-78,83H,7-73H2,1-6H3,(H,88,89)(H,90,91)/t75?,76-,77+,78+/m0/s1. The van der Waals surface area contributed by atoms with E-state index in [1.165, 1.54) is 250 Å². The highest BCUT2D eigenvalue weighted by Gasteiger charge is 2.30. The first kappa shape index (κ1) is 99.1. The first-order valence-corrected chi connectivity index (χ1v) is 45.5. The quantitative estimate of drug-likeness (QED) is 0.0222. The van der Waals surface area contributed by atoms with Crippen LogP contribution in [0.3, 0.4) is 0 Å². The Morgan fingerprint density at radius 1 is 0.287 bits per heavy atom. The zero-order valence-electron chi connectivity index (χ0n) is 66.2. The van der Waals surface area contributed by atoms with Gasteiger partial charge in [-0.05, 0) is 37.5 Å². The second-order valence-corrected chi connectivity index (χ2v) is 33.1. The van der Waals surface area contributed by atoms with Crippen LogP contribution in [-0.2, 0) is 65.4 Å². The van der Waals surface area contributed by atoms with E-state index in [9.17, 15) is 43.2 Å². The SMILES string of the molecule is CCCCCCCCCCCCCCCCC(=O)O[C@H](COC(=O)CCCCCCCCCCCCCC)COP(=O)(O)OC[C@H](O)COP(=O)(O)OC[C@@H](COC(=O)CCCCCCCCCCCCCCCCC(C)C)OC(=O)CCCCCCCCCCCCCCCCC(C)CC. The number of hydrogen-bond acceptors (Lipinski definition) is 15. The molecule has 0 fully saturated rings. The van der Waals surface area contributed by atoms with Gasteiger partial charge in [-0.15, -0.1) is 0 Å². The van der Waals surface area contributed by atoms with E-state index in [-0.39, 0.29) is 25.7 Å². The Balaban J connectivity index is 5.26. The van der Waals surface area contributed by atoms with Crippen molar-refractivity contribution in [2.75, 3.05) is 39.6 Å². The number of ether oxygens (including phenoxy) is 4. The van der Waals surface area contributed by atoms with Gasteiger partial charge in [0.05, 0.1) is 26.4 Å². The molecule has 0 saturated heterocycles. The summed E-state index contributed by atoms with van der Waals surface area (Å²) in [6.45, 7) is 9.73. The summed E-state index contributed by atoms with van der Waals surface area (Å²) >= 11 is 0. The Morgan fingerprint density at radius 2 is 0.505 bits per heavy atom. The summed E-state index contributed by atoms with van der Waals surface area (Å²) in [4.78, 5) is 73.1. The molecule has 0 aromatic heterocycles. The third kappa shape index (κ3) is 74.7. The van der Waals surface area contributed by atoms with Crippen LogP contribution >= 0.6 is 15.6 Å². The third-order valence-electron chi connectivity index (χ3n) is 19.6. The molecule has 101 heavy (non-hydrogen) atoms. The van der Waals surface area contributed by atoms with Gasteiger partial charge in [-0.2, -0.15) is 0 Å². The van der Waals surface area contributed by atoms with Gasteiger partial charge in [0.1, 0.15) is 19.3 Å². The molecule has 0 aliphatic rings. The lowest BCUT2D eigenvalue weighted by Gasteiger charge is -2.21. The molecule has 19 heteroatoms. The number of carbonyl (C=O) groups excluding carboxylic acids is 4. The van der Waals surface area contributed by atoms with Gasteiger partial charge < -0.3 is 33.8 Å². The monoisotopic (exact) mass is 1480 g/mol. The fraction of sp³-hybridized carbons (Fsp3) is 0.951. The molecule has 600 valence electrons. The molecule has 0 rings (SSSR count). The summed E-state index contributed by atoms with van der Waals surface area (Å²) in [5, 5.41) is 10.7. The van der Waals surface area contributed by atoms with Crippen molar-refractivity contribution in [2.24, 2.45) is 11.8 Å². The summed E-state index contributed by atoms with van der Waals surface area (Å²) in [5.74, 6) is -0.459. The van der Waals surface area contributed by atoms with E-state index >= 15 is 0 Å². The van der Waals surface area contributed by atoms with E-state index in [0.717, 1.165) is 102 Å². The fourth-order valence-corrected chi connectivity index (χ4v) is 14.3. The van der Waals surface area contributed by atoms with Crippen LogP contribution in [0.5, 0.6) is 0 Å². The Kier molecular flexibility index (Phi) is 72.2. The van der Waals surface area contributed by atoms with Crippen LogP contribution in [0.1, 0.15) is 433 Å². The van der Waals surface area contributed by atoms with E-state index in [1.807, 2.05) is 0 Å². The van der Waals surface area contributed by atoms with Crippen LogP contribution in [0.4, 0.5) is 0 Å². The topological polar surface area (TPSA) is 237 Å². The Bertz CT molecular complexity index is 1940. The number of hydrogen-bond donors (Lipinski definition) is 3. The molecule has 6 atom stereocenters. The summed E-state index contributed by atoms with van der Waals surface area (Å²) in [5.41, 5.74) is 0. The highest BCUT2D eigenvalue weighted by atomic mass is 31.2. The van der Waals surface area contributed by atoms with Crippen LogP contribution in [0.25, 0.3) is 0 Å². The second kappa shape index (κ2) is 73.6. The molecule has 0 radical (unpaired) electrons. The summed E-state index contributed by atoms with van der Waals surface area (Å²) in [6.07, 6.45) is 63.5. The number of aliphatic hydroxyl groups is 1. The first-order chi connectivity index (χ1) is 48.9. The molecular weight excluding hydrogens is 1320 g/mol. The lowest BCUT2D eigenvalue weighted by molar-refractivity contribution is -0.161. The number of aliphatic hydroxyl groups excluding tert-OH is 1. The minimum absolute atomic E-state index is 0.108. The summed E-state index contributed by atoms with van der Waals surface area (Å²) < 4.78 is 68.8. The highest BCUT2D eigenvalue weighted by Crippen LogP contribution is 2.45. The molecule has 0 saturated carbocycles. The van der Waals surface area contributed by atoms with Gasteiger partial charge >= 0.3 is 39.5 Å². The number of esters is 4. The van der Waals surface area contributed by atoms with E-state index in [0.29, 0.717) is 25.7 Å². The van der Waals surface area contributed by atoms with E-state index < -0.39 is 97.5 Å². The van der Waals surface area contributed by atoms with Crippen molar-refractivity contribution < 1.29 is 80.2 Å². The summed E-state index contributed by atoms with van der Waals surface area (Å²) in [6, 6.07) is 0. The molecule has 0 aliphatic heterocycles. The van der Waals surface area contributed by atoms with Gasteiger partial charge in [-0.25, -0.2) is 9.13 Å². The van der Waals surface area contributed by atoms with E-state index in [2.05, 4.69) is 41.5 Å². The molecule has 0 heterocycles. The average molecular weight is 1480 g/mol. The molecule has 0 bridgehead atoms. The van der Waals surface area contributed by atoms with Crippen molar-refractivity contribution in [1.82, 2.24) is 0 Å². The first-order valence-electron chi connectivity index (χ1n) is 42.5. The van der Waals surface area contributed by atoms with Gasteiger partial charge in [-0.3, -0.25) is 37.3 Å². The molecule has 3 unspecified atom stereocenters. The predicted molar refractivity (Wildman–Crippen MR) is 414 cm³/mol. The molecule has 17 nitrogen and oxygen atoms in total. The lowest BCUT2D eigenvalue weighted by atomic mass is 9.99. The third-order valence-corrected chi connectivity index (χ3v) is 21.5. The van der Waals surface area contributed by atoms with Crippen molar-refractivity contribution in [3.05, 3.63) is 0 Å². The van der Waals surface area contributed by atoms with E-state index in [4.69, 9.17) is 37.0 Å². The van der Waals surface area contributed by atoms with Crippen molar-refractivity contribution >= 4 is 39.5 Å². The fourth-order valence-electron chi connectivity index (χ4n) is 12.7. The predicted octanol–water partition coefficient (Wildman–Crippen LogP) is 24.7. The Morgan fingerprint density at radius 3 is 0.752 bits per heavy atom. The molecule has 0 aliphatic carbocycles. The number of unbranched alkanes of at least 4 members (excludes halogenated alkanes) is 50. The van der Waals surface area contributed by atoms with Crippen molar-refractivity contribution in [2.45, 2.75) is 452 Å².